The molecule has 0 aromatic carbocycles. The molecule has 0 aromatic rings. The molecule has 3 amide bonds. The van der Waals surface area contributed by atoms with Crippen LogP contribution in [0, 0.1) is 0 Å². The van der Waals surface area contributed by atoms with Crippen molar-refractivity contribution in [3.05, 3.63) is 0 Å². The van der Waals surface area contributed by atoms with Gasteiger partial charge >= 0.3 is 12.1 Å². The maximum atomic E-state index is 12.0. The summed E-state index contributed by atoms with van der Waals surface area (Å²) in [6.07, 6.45) is 2.67. The Bertz CT molecular complexity index is 320. The minimum atomic E-state index is -0.569. The lowest BCUT2D eigenvalue weighted by molar-refractivity contribution is 0.0162. The van der Waals surface area contributed by atoms with Crippen LogP contribution in [0.1, 0.15) is 47.0 Å². The van der Waals surface area contributed by atoms with Gasteiger partial charge < -0.3 is 9.64 Å². The maximum Gasteiger partial charge on any atom is 0.429 e. The fourth-order valence-electron chi connectivity index (χ4n) is 1.85. The number of nitrogens with one attached hydrogen (secondary N) is 1. The van der Waals surface area contributed by atoms with Gasteiger partial charge in [0, 0.05) is 19.6 Å². The van der Waals surface area contributed by atoms with E-state index in [0.29, 0.717) is 6.54 Å². The van der Waals surface area contributed by atoms with Crippen molar-refractivity contribution in [1.82, 2.24) is 15.3 Å². The molecule has 6 nitrogen and oxygen atoms in total. The fourth-order valence-corrected chi connectivity index (χ4v) is 1.85. The number of urea groups is 1. The predicted molar refractivity (Wildman–Crippen MR) is 72.6 cm³/mol. The van der Waals surface area contributed by atoms with Crippen molar-refractivity contribution in [2.45, 2.75) is 52.6 Å². The molecular formula is C13H25N3O3. The Hall–Kier alpha value is -1.46. The highest BCUT2D eigenvalue weighted by Crippen LogP contribution is 2.11. The van der Waals surface area contributed by atoms with Crippen molar-refractivity contribution >= 4 is 12.1 Å². The molecule has 0 bridgehead atoms. The van der Waals surface area contributed by atoms with Gasteiger partial charge in [-0.15, -0.1) is 0 Å². The third-order valence-corrected chi connectivity index (χ3v) is 2.80. The van der Waals surface area contributed by atoms with Gasteiger partial charge in [0.05, 0.1) is 0 Å². The number of hydrazine groups is 1. The first-order valence-corrected chi connectivity index (χ1v) is 6.89. The molecule has 1 N–H and O–H groups in total. The van der Waals surface area contributed by atoms with Crippen molar-refractivity contribution in [2.24, 2.45) is 0 Å². The first kappa shape index (κ1) is 15.6. The van der Waals surface area contributed by atoms with E-state index in [0.717, 1.165) is 32.4 Å². The molecule has 1 rings (SSSR count). The molecule has 0 aromatic heterocycles. The monoisotopic (exact) mass is 271 g/mol. The van der Waals surface area contributed by atoms with Gasteiger partial charge in [-0.25, -0.2) is 20.0 Å². The predicted octanol–water partition coefficient (Wildman–Crippen LogP) is 2.35. The van der Waals surface area contributed by atoms with Gasteiger partial charge in [0.2, 0.25) is 0 Å². The van der Waals surface area contributed by atoms with E-state index in [9.17, 15) is 9.59 Å². The second kappa shape index (κ2) is 6.63. The second-order valence-electron chi connectivity index (χ2n) is 5.69. The third kappa shape index (κ3) is 5.36. The van der Waals surface area contributed by atoms with E-state index >= 15 is 0 Å². The molecule has 0 atom stereocenters. The van der Waals surface area contributed by atoms with Crippen LogP contribution < -0.4 is 5.43 Å². The Balaban J connectivity index is 2.51. The van der Waals surface area contributed by atoms with E-state index < -0.39 is 11.7 Å². The number of nitrogens with zero attached hydrogens (tertiary/aromatic N) is 2. The van der Waals surface area contributed by atoms with E-state index in [2.05, 4.69) is 5.43 Å². The standard InChI is InChI=1S/C13H25N3O3/c1-5-16(12(18)19-13(2,3)4)14-11(17)15-9-7-6-8-10-15/h5-10H2,1-4H3,(H,14,17). The minimum absolute atomic E-state index is 0.229. The average Bonchev–Trinajstić information content (AvgIpc) is 2.34. The van der Waals surface area contributed by atoms with Crippen LogP contribution in [-0.2, 0) is 4.74 Å². The highest BCUT2D eigenvalue weighted by molar-refractivity contribution is 5.78. The normalized spacial score (nSPS) is 15.9. The van der Waals surface area contributed by atoms with Gasteiger partial charge in [-0.3, -0.25) is 0 Å². The zero-order valence-electron chi connectivity index (χ0n) is 12.4. The summed E-state index contributed by atoms with van der Waals surface area (Å²) in [6.45, 7) is 9.05. The molecule has 1 heterocycles. The number of amides is 3. The van der Waals surface area contributed by atoms with Crippen LogP contribution in [0.15, 0.2) is 0 Å². The van der Waals surface area contributed by atoms with Gasteiger partial charge in [0.15, 0.2) is 0 Å². The Morgan fingerprint density at radius 3 is 2.26 bits per heavy atom. The quantitative estimate of drug-likeness (QED) is 0.745. The topological polar surface area (TPSA) is 61.9 Å². The first-order chi connectivity index (χ1) is 8.83. The Kier molecular flexibility index (Phi) is 5.44. The van der Waals surface area contributed by atoms with Gasteiger partial charge in [0.25, 0.3) is 0 Å². The number of carbonyl (C=O) groups excluding carboxylic acids is 2. The average molecular weight is 271 g/mol. The third-order valence-electron chi connectivity index (χ3n) is 2.80. The second-order valence-corrected chi connectivity index (χ2v) is 5.69. The molecule has 0 radical (unpaired) electrons. The van der Waals surface area contributed by atoms with Crippen LogP contribution >= 0.6 is 0 Å². The zero-order valence-corrected chi connectivity index (χ0v) is 12.4. The summed E-state index contributed by atoms with van der Waals surface area (Å²) < 4.78 is 5.23. The number of likely N-dealkylation sites (tertiary alicyclic amines) is 1. The molecule has 19 heavy (non-hydrogen) atoms. The molecule has 0 aliphatic carbocycles. The molecular weight excluding hydrogens is 246 g/mol. The van der Waals surface area contributed by atoms with Crippen molar-refractivity contribution in [2.75, 3.05) is 19.6 Å². The molecule has 0 saturated carbocycles. The SMILES string of the molecule is CCN(NC(=O)N1CCCCC1)C(=O)OC(C)(C)C. The molecule has 1 aliphatic heterocycles. The summed E-state index contributed by atoms with van der Waals surface area (Å²) in [4.78, 5) is 25.6. The zero-order chi connectivity index (χ0) is 14.5. The molecule has 6 heteroatoms. The highest BCUT2D eigenvalue weighted by Gasteiger charge is 2.24. The lowest BCUT2D eigenvalue weighted by atomic mass is 10.1. The summed E-state index contributed by atoms with van der Waals surface area (Å²) >= 11 is 0. The number of hydrogen-bond acceptors (Lipinski definition) is 3. The summed E-state index contributed by atoms with van der Waals surface area (Å²) in [7, 11) is 0. The van der Waals surface area contributed by atoms with E-state index in [4.69, 9.17) is 4.74 Å². The maximum absolute atomic E-state index is 12.0. The van der Waals surface area contributed by atoms with Gasteiger partial charge in [-0.1, -0.05) is 0 Å². The highest BCUT2D eigenvalue weighted by atomic mass is 16.6. The number of rotatable bonds is 1. The van der Waals surface area contributed by atoms with Crippen LogP contribution in [-0.4, -0.2) is 47.3 Å². The molecule has 1 aliphatic rings. The van der Waals surface area contributed by atoms with Crippen molar-refractivity contribution in [3.63, 3.8) is 0 Å². The fraction of sp³-hybridized carbons (Fsp3) is 0.846. The van der Waals surface area contributed by atoms with Crippen molar-refractivity contribution in [3.8, 4) is 0 Å². The van der Waals surface area contributed by atoms with Crippen LogP contribution in [0.25, 0.3) is 0 Å². The van der Waals surface area contributed by atoms with E-state index in [1.165, 1.54) is 5.01 Å². The lowest BCUT2D eigenvalue weighted by Crippen LogP contribution is -2.53. The van der Waals surface area contributed by atoms with Crippen LogP contribution in [0.5, 0.6) is 0 Å². The van der Waals surface area contributed by atoms with Gasteiger partial charge in [0.1, 0.15) is 5.60 Å². The number of hydrogen-bond donors (Lipinski definition) is 1. The van der Waals surface area contributed by atoms with E-state index in [1.54, 1.807) is 32.6 Å². The largest absolute Gasteiger partial charge is 0.442 e. The van der Waals surface area contributed by atoms with E-state index in [1.807, 2.05) is 0 Å². The Morgan fingerprint density at radius 1 is 1.21 bits per heavy atom. The minimum Gasteiger partial charge on any atom is -0.442 e. The van der Waals surface area contributed by atoms with E-state index in [-0.39, 0.29) is 6.03 Å². The molecule has 1 fully saturated rings. The summed E-state index contributed by atoms with van der Waals surface area (Å²) in [5.41, 5.74) is 2.04. The Labute approximate surface area is 115 Å². The lowest BCUT2D eigenvalue weighted by Gasteiger charge is -2.31. The first-order valence-electron chi connectivity index (χ1n) is 6.89. The van der Waals surface area contributed by atoms with Crippen molar-refractivity contribution in [1.29, 1.82) is 0 Å². The van der Waals surface area contributed by atoms with Crippen LogP contribution in [0.3, 0.4) is 0 Å². The molecule has 0 spiro atoms. The smallest absolute Gasteiger partial charge is 0.429 e. The molecule has 1 saturated heterocycles. The number of carbonyl (C=O) groups is 2. The summed E-state index contributed by atoms with van der Waals surface area (Å²) in [5.74, 6) is 0. The summed E-state index contributed by atoms with van der Waals surface area (Å²) in [6, 6.07) is -0.229. The van der Waals surface area contributed by atoms with Crippen LogP contribution in [0.4, 0.5) is 9.59 Å². The Morgan fingerprint density at radius 2 is 1.79 bits per heavy atom. The van der Waals surface area contributed by atoms with Gasteiger partial charge in [-0.2, -0.15) is 0 Å². The van der Waals surface area contributed by atoms with Gasteiger partial charge in [-0.05, 0) is 47.0 Å². The molecule has 110 valence electrons. The van der Waals surface area contributed by atoms with Crippen molar-refractivity contribution < 1.29 is 14.3 Å². The summed E-state index contributed by atoms with van der Waals surface area (Å²) in [5, 5.41) is 1.21. The number of ether oxygens (including phenoxy) is 1. The number of piperidine rings is 1. The van der Waals surface area contributed by atoms with Crippen LogP contribution in [0.2, 0.25) is 0 Å². The molecule has 0 unspecified atom stereocenters.